The van der Waals surface area contributed by atoms with E-state index >= 15 is 0 Å². The van der Waals surface area contributed by atoms with Crippen molar-refractivity contribution in [2.24, 2.45) is 5.73 Å². The highest BCUT2D eigenvalue weighted by atomic mass is 14.7. The van der Waals surface area contributed by atoms with E-state index in [1.807, 2.05) is 6.07 Å². The van der Waals surface area contributed by atoms with Crippen molar-refractivity contribution in [3.63, 3.8) is 0 Å². The molecular weight excluding hydrogens is 230 g/mol. The molecule has 1 nitrogen and oxygen atoms in total. The third-order valence-electron chi connectivity index (χ3n) is 3.85. The van der Waals surface area contributed by atoms with Crippen LogP contribution in [0.4, 0.5) is 0 Å². The predicted octanol–water partition coefficient (Wildman–Crippen LogP) is 4.25. The van der Waals surface area contributed by atoms with Crippen molar-refractivity contribution in [2.75, 3.05) is 0 Å². The van der Waals surface area contributed by atoms with Crippen LogP contribution in [0.1, 0.15) is 43.4 Å². The van der Waals surface area contributed by atoms with Crippen LogP contribution in [0.15, 0.2) is 54.6 Å². The summed E-state index contributed by atoms with van der Waals surface area (Å²) in [6.07, 6.45) is 3.21. The molecule has 19 heavy (non-hydrogen) atoms. The average molecular weight is 253 g/mol. The average Bonchev–Trinajstić information content (AvgIpc) is 2.48. The van der Waals surface area contributed by atoms with Crippen molar-refractivity contribution in [1.29, 1.82) is 0 Å². The highest BCUT2D eigenvalue weighted by molar-refractivity contribution is 5.38. The summed E-state index contributed by atoms with van der Waals surface area (Å²) in [6.45, 7) is 4.35. The molecule has 0 aliphatic carbocycles. The summed E-state index contributed by atoms with van der Waals surface area (Å²) >= 11 is 0. The summed E-state index contributed by atoms with van der Waals surface area (Å²) in [6, 6.07) is 19.1. The van der Waals surface area contributed by atoms with E-state index in [-0.39, 0.29) is 5.54 Å². The van der Waals surface area contributed by atoms with Gasteiger partial charge < -0.3 is 5.73 Å². The first-order valence-corrected chi connectivity index (χ1v) is 7.14. The Bertz CT molecular complexity index is 501. The van der Waals surface area contributed by atoms with Crippen LogP contribution in [0.3, 0.4) is 0 Å². The zero-order valence-electron chi connectivity index (χ0n) is 11.9. The number of nitrogens with two attached hydrogens (primary N) is 1. The van der Waals surface area contributed by atoms with Crippen LogP contribution in [-0.2, 0) is 12.0 Å². The molecule has 2 aromatic rings. The number of aryl methyl sites for hydroxylation is 1. The Morgan fingerprint density at radius 3 is 1.95 bits per heavy atom. The van der Waals surface area contributed by atoms with E-state index in [1.165, 1.54) is 23.1 Å². The van der Waals surface area contributed by atoms with Crippen molar-refractivity contribution in [3.05, 3.63) is 71.3 Å². The summed E-state index contributed by atoms with van der Waals surface area (Å²) in [5, 5.41) is 0. The van der Waals surface area contributed by atoms with E-state index in [2.05, 4.69) is 62.4 Å². The standard InChI is InChI=1S/C18H23N/c1-3-8-15-11-13-17(14-12-15)18(19,4-2)16-9-6-5-7-10-16/h5-7,9-14H,3-4,8,19H2,1-2H3. The van der Waals surface area contributed by atoms with Crippen LogP contribution < -0.4 is 5.73 Å². The summed E-state index contributed by atoms with van der Waals surface area (Å²) in [4.78, 5) is 0. The van der Waals surface area contributed by atoms with Crippen LogP contribution in [0, 0.1) is 0 Å². The summed E-state index contributed by atoms with van der Waals surface area (Å²) < 4.78 is 0. The Morgan fingerprint density at radius 1 is 0.842 bits per heavy atom. The normalized spacial score (nSPS) is 14.1. The minimum atomic E-state index is -0.383. The fourth-order valence-electron chi connectivity index (χ4n) is 2.57. The number of rotatable bonds is 5. The van der Waals surface area contributed by atoms with Gasteiger partial charge in [-0.15, -0.1) is 0 Å². The van der Waals surface area contributed by atoms with Gasteiger partial charge in [-0.3, -0.25) is 0 Å². The first kappa shape index (κ1) is 13.8. The van der Waals surface area contributed by atoms with Gasteiger partial charge in [-0.2, -0.15) is 0 Å². The van der Waals surface area contributed by atoms with Gasteiger partial charge in [0.25, 0.3) is 0 Å². The lowest BCUT2D eigenvalue weighted by Gasteiger charge is -2.29. The highest BCUT2D eigenvalue weighted by Crippen LogP contribution is 2.30. The Balaban J connectivity index is 2.36. The minimum Gasteiger partial charge on any atom is -0.318 e. The summed E-state index contributed by atoms with van der Waals surface area (Å²) in [7, 11) is 0. The zero-order chi connectivity index (χ0) is 13.7. The van der Waals surface area contributed by atoms with Crippen molar-refractivity contribution in [1.82, 2.24) is 0 Å². The summed E-state index contributed by atoms with van der Waals surface area (Å²) in [5.41, 5.74) is 10.0. The number of hydrogen-bond acceptors (Lipinski definition) is 1. The van der Waals surface area contributed by atoms with Gasteiger partial charge in [-0.05, 0) is 29.5 Å². The van der Waals surface area contributed by atoms with E-state index in [0.29, 0.717) is 0 Å². The minimum absolute atomic E-state index is 0.383. The molecule has 2 aromatic carbocycles. The van der Waals surface area contributed by atoms with E-state index in [1.54, 1.807) is 0 Å². The molecular formula is C18H23N. The lowest BCUT2D eigenvalue weighted by atomic mass is 9.81. The lowest BCUT2D eigenvalue weighted by Crippen LogP contribution is -2.37. The molecule has 0 bridgehead atoms. The van der Waals surface area contributed by atoms with Gasteiger partial charge in [-0.1, -0.05) is 74.9 Å². The maximum absolute atomic E-state index is 6.66. The largest absolute Gasteiger partial charge is 0.318 e. The Morgan fingerprint density at radius 2 is 1.42 bits per heavy atom. The van der Waals surface area contributed by atoms with Crippen molar-refractivity contribution in [3.8, 4) is 0 Å². The Labute approximate surface area is 116 Å². The second kappa shape index (κ2) is 6.03. The van der Waals surface area contributed by atoms with Gasteiger partial charge in [0.15, 0.2) is 0 Å². The van der Waals surface area contributed by atoms with Gasteiger partial charge in [0, 0.05) is 0 Å². The molecule has 2 rings (SSSR count). The SMILES string of the molecule is CCCc1ccc(C(N)(CC)c2ccccc2)cc1. The fourth-order valence-corrected chi connectivity index (χ4v) is 2.57. The van der Waals surface area contributed by atoms with Gasteiger partial charge in [0.1, 0.15) is 0 Å². The molecule has 0 saturated carbocycles. The van der Waals surface area contributed by atoms with E-state index in [0.717, 1.165) is 12.8 Å². The van der Waals surface area contributed by atoms with E-state index < -0.39 is 0 Å². The smallest absolute Gasteiger partial charge is 0.0662 e. The maximum Gasteiger partial charge on any atom is 0.0662 e. The van der Waals surface area contributed by atoms with Crippen LogP contribution in [0.5, 0.6) is 0 Å². The van der Waals surface area contributed by atoms with Crippen molar-refractivity contribution >= 4 is 0 Å². The highest BCUT2D eigenvalue weighted by Gasteiger charge is 2.27. The molecule has 1 heteroatoms. The molecule has 0 aliphatic rings. The topological polar surface area (TPSA) is 26.0 Å². The molecule has 0 amide bonds. The molecule has 0 radical (unpaired) electrons. The molecule has 0 heterocycles. The van der Waals surface area contributed by atoms with Crippen LogP contribution in [-0.4, -0.2) is 0 Å². The predicted molar refractivity (Wildman–Crippen MR) is 82.1 cm³/mol. The molecule has 1 atom stereocenters. The van der Waals surface area contributed by atoms with Crippen LogP contribution in [0.2, 0.25) is 0 Å². The van der Waals surface area contributed by atoms with Crippen molar-refractivity contribution in [2.45, 2.75) is 38.6 Å². The third kappa shape index (κ3) is 2.87. The van der Waals surface area contributed by atoms with E-state index in [9.17, 15) is 0 Å². The van der Waals surface area contributed by atoms with E-state index in [4.69, 9.17) is 5.73 Å². The summed E-state index contributed by atoms with van der Waals surface area (Å²) in [5.74, 6) is 0. The van der Waals surface area contributed by atoms with Gasteiger partial charge >= 0.3 is 0 Å². The van der Waals surface area contributed by atoms with Gasteiger partial charge in [-0.25, -0.2) is 0 Å². The second-order valence-electron chi connectivity index (χ2n) is 5.14. The second-order valence-corrected chi connectivity index (χ2v) is 5.14. The van der Waals surface area contributed by atoms with Crippen LogP contribution >= 0.6 is 0 Å². The monoisotopic (exact) mass is 253 g/mol. The molecule has 100 valence electrons. The first-order chi connectivity index (χ1) is 9.20. The van der Waals surface area contributed by atoms with Crippen molar-refractivity contribution < 1.29 is 0 Å². The molecule has 1 unspecified atom stereocenters. The molecule has 0 aliphatic heterocycles. The Hall–Kier alpha value is -1.60. The van der Waals surface area contributed by atoms with Crippen LogP contribution in [0.25, 0.3) is 0 Å². The number of benzene rings is 2. The van der Waals surface area contributed by atoms with Gasteiger partial charge in [0.2, 0.25) is 0 Å². The molecule has 0 aromatic heterocycles. The quantitative estimate of drug-likeness (QED) is 0.847. The maximum atomic E-state index is 6.66. The lowest BCUT2D eigenvalue weighted by molar-refractivity contribution is 0.519. The zero-order valence-corrected chi connectivity index (χ0v) is 11.9. The fraction of sp³-hybridized carbons (Fsp3) is 0.333. The molecule has 0 saturated heterocycles. The Kier molecular flexibility index (Phi) is 4.39. The van der Waals surface area contributed by atoms with Gasteiger partial charge in [0.05, 0.1) is 5.54 Å². The third-order valence-corrected chi connectivity index (χ3v) is 3.85. The molecule has 2 N–H and O–H groups in total. The molecule has 0 fully saturated rings. The number of hydrogen-bond donors (Lipinski definition) is 1. The first-order valence-electron chi connectivity index (χ1n) is 7.14. The molecule has 0 spiro atoms.